The molecule has 0 saturated heterocycles. The Morgan fingerprint density at radius 3 is 1.58 bits per heavy atom. The molecule has 0 radical (unpaired) electrons. The Balaban J connectivity index is -0.0000000241. The summed E-state index contributed by atoms with van der Waals surface area (Å²) in [6, 6.07) is 0. The molecule has 2 heteroatoms. The zero-order valence-corrected chi connectivity index (χ0v) is 12.2. The molecule has 0 amide bonds. The normalized spacial score (nSPS) is 4.67. The van der Waals surface area contributed by atoms with Crippen LogP contribution in [0.4, 0.5) is 0 Å². The largest absolute Gasteiger partial charge is 2.00 e. The summed E-state index contributed by atoms with van der Waals surface area (Å²) < 4.78 is 0. The quantitative estimate of drug-likeness (QED) is 0.269. The summed E-state index contributed by atoms with van der Waals surface area (Å²) in [7, 11) is 0. The molecule has 0 unspecified atom stereocenters. The summed E-state index contributed by atoms with van der Waals surface area (Å²) in [4.78, 5) is 0. The van der Waals surface area contributed by atoms with E-state index in [4.69, 9.17) is 6.42 Å². The Hall–Kier alpha value is 0.781. The minimum atomic E-state index is 0. The van der Waals surface area contributed by atoms with Gasteiger partial charge in [-0.05, 0) is 12.8 Å². The van der Waals surface area contributed by atoms with Gasteiger partial charge in [-0.2, -0.15) is 13.8 Å². The first-order chi connectivity index (χ1) is 4.91. The van der Waals surface area contributed by atoms with Gasteiger partial charge >= 0.3 is 38.3 Å². The summed E-state index contributed by atoms with van der Waals surface area (Å²) >= 11 is 0. The monoisotopic (exact) mass is 210 g/mol. The van der Waals surface area contributed by atoms with Crippen molar-refractivity contribution >= 4 is 0 Å². The molecule has 0 rings (SSSR count). The van der Waals surface area contributed by atoms with Crippen molar-refractivity contribution in [2.45, 2.75) is 40.0 Å². The second-order valence-electron chi connectivity index (χ2n) is 1.28. The molecule has 0 aromatic rings. The first-order valence-electron chi connectivity index (χ1n) is 3.72. The van der Waals surface area contributed by atoms with Crippen LogP contribution in [-0.4, -0.2) is 0 Å². The van der Waals surface area contributed by atoms with E-state index in [2.05, 4.69) is 26.7 Å². The van der Waals surface area contributed by atoms with Crippen LogP contribution < -0.4 is 18.9 Å². The van der Waals surface area contributed by atoms with E-state index in [9.17, 15) is 0 Å². The molecule has 0 aliphatic rings. The molecule has 12 heavy (non-hydrogen) atoms. The fraction of sp³-hybridized carbons (Fsp3) is 0.600. The van der Waals surface area contributed by atoms with Crippen molar-refractivity contribution in [3.05, 3.63) is 20.3 Å². The van der Waals surface area contributed by atoms with Gasteiger partial charge in [0, 0.05) is 0 Å². The van der Waals surface area contributed by atoms with Gasteiger partial charge in [-0.3, -0.25) is 0 Å². The van der Waals surface area contributed by atoms with Gasteiger partial charge in [-0.25, -0.2) is 0 Å². The number of hydrogen-bond acceptors (Lipinski definition) is 0. The Morgan fingerprint density at radius 1 is 1.17 bits per heavy atom. The van der Waals surface area contributed by atoms with E-state index < -0.39 is 0 Å². The minimum Gasteiger partial charge on any atom is -0.694 e. The van der Waals surface area contributed by atoms with Crippen molar-refractivity contribution in [2.75, 3.05) is 0 Å². The third kappa shape index (κ3) is 72.1. The molecule has 0 aromatic carbocycles. The molecule has 0 aromatic heterocycles. The van der Waals surface area contributed by atoms with E-state index in [1.54, 1.807) is 13.8 Å². The predicted molar refractivity (Wildman–Crippen MR) is 48.7 cm³/mol. The summed E-state index contributed by atoms with van der Waals surface area (Å²) in [5.41, 5.74) is 0. The van der Waals surface area contributed by atoms with Gasteiger partial charge in [-0.1, -0.05) is 13.3 Å². The average molecular weight is 212 g/mol. The number of hydrogen-bond donors (Lipinski definition) is 0. The van der Waals surface area contributed by atoms with Gasteiger partial charge in [0.15, 0.2) is 0 Å². The molecular weight excluding hydrogens is 192 g/mol. The first kappa shape index (κ1) is 29.3. The van der Waals surface area contributed by atoms with E-state index in [1.807, 2.05) is 0 Å². The van der Waals surface area contributed by atoms with Crippen LogP contribution in [0.15, 0.2) is 0 Å². The maximum absolute atomic E-state index is 6.46. The maximum atomic E-state index is 6.46. The van der Waals surface area contributed by atoms with Crippen LogP contribution in [0.2, 0.25) is 0 Å². The van der Waals surface area contributed by atoms with Crippen molar-refractivity contribution in [1.29, 1.82) is 0 Å². The summed E-state index contributed by atoms with van der Waals surface area (Å²) in [6.07, 6.45) is 9.57. The van der Waals surface area contributed by atoms with Gasteiger partial charge in [0.2, 0.25) is 0 Å². The second-order valence-corrected chi connectivity index (χ2v) is 1.28. The van der Waals surface area contributed by atoms with Crippen molar-refractivity contribution in [2.24, 2.45) is 0 Å². The van der Waals surface area contributed by atoms with Crippen LogP contribution >= 0.6 is 0 Å². The molecule has 0 heterocycles. The zero-order chi connectivity index (χ0) is 8.83. The van der Waals surface area contributed by atoms with Gasteiger partial charge < -0.3 is 26.2 Å². The molecule has 0 aliphatic carbocycles. The van der Waals surface area contributed by atoms with Gasteiger partial charge in [-0.15, -0.1) is 0 Å². The Kier molecular flexibility index (Phi) is 146. The molecule has 0 nitrogen and oxygen atoms in total. The molecule has 0 fully saturated rings. The Bertz CT molecular complexity index is 57.3. The zero-order valence-electron chi connectivity index (χ0n) is 9.24. The molecule has 0 spiro atoms. The molecule has 0 N–H and O–H groups in total. The predicted octanol–water partition coefficient (Wildman–Crippen LogP) is 0.449. The molecule has 0 aliphatic heterocycles. The average Bonchev–Trinajstić information content (AvgIpc) is 2.08. The fourth-order valence-corrected chi connectivity index (χ4v) is 0.265. The molecule has 0 bridgehead atoms. The topological polar surface area (TPSA) is 0 Å². The van der Waals surface area contributed by atoms with Gasteiger partial charge in [0.05, 0.1) is 0 Å². The SMILES string of the molecule is [C-]#CCCCC.[CH2-]C.[CH2-]C.[Li+].[Zn+2]. The minimum absolute atomic E-state index is 0. The van der Waals surface area contributed by atoms with Crippen LogP contribution in [0.3, 0.4) is 0 Å². The third-order valence-electron chi connectivity index (χ3n) is 0.655. The van der Waals surface area contributed by atoms with Gasteiger partial charge in [0.1, 0.15) is 0 Å². The number of rotatable bonds is 2. The fourth-order valence-electron chi connectivity index (χ4n) is 0.265. The third-order valence-corrected chi connectivity index (χ3v) is 0.655. The molecule has 62 valence electrons. The smallest absolute Gasteiger partial charge is 0.694 e. The maximum Gasteiger partial charge on any atom is 2.00 e. The van der Waals surface area contributed by atoms with Crippen molar-refractivity contribution in [3.63, 3.8) is 0 Å². The standard InChI is InChI=1S/C6H9.2C2H5.Li.Zn/c1-3-5-6-4-2;2*1-2;;/h3,5-6H2,1H3;2*1H2,2H3;;/q3*-1;+1;+2. The van der Waals surface area contributed by atoms with Crippen molar-refractivity contribution in [3.8, 4) is 5.92 Å². The van der Waals surface area contributed by atoms with E-state index in [1.165, 1.54) is 6.42 Å². The van der Waals surface area contributed by atoms with Crippen LogP contribution in [-0.2, 0) is 19.5 Å². The van der Waals surface area contributed by atoms with Crippen LogP contribution in [0.1, 0.15) is 40.0 Å². The molecule has 0 saturated carbocycles. The molecular formula is C10H19LiZn. The Labute approximate surface area is 104 Å². The van der Waals surface area contributed by atoms with Crippen molar-refractivity contribution < 1.29 is 38.3 Å². The van der Waals surface area contributed by atoms with Gasteiger partial charge in [0.25, 0.3) is 0 Å². The summed E-state index contributed by atoms with van der Waals surface area (Å²) in [5, 5.41) is 0. The van der Waals surface area contributed by atoms with Crippen LogP contribution in [0, 0.1) is 26.2 Å². The van der Waals surface area contributed by atoms with E-state index in [-0.39, 0.29) is 38.3 Å². The second kappa shape index (κ2) is 59.9. The van der Waals surface area contributed by atoms with Crippen LogP contribution in [0.25, 0.3) is 0 Å². The molecule has 0 atom stereocenters. The van der Waals surface area contributed by atoms with E-state index in [0.717, 1.165) is 12.8 Å². The van der Waals surface area contributed by atoms with Crippen molar-refractivity contribution in [1.82, 2.24) is 0 Å². The summed E-state index contributed by atoms with van der Waals surface area (Å²) in [5.74, 6) is 2.32. The first-order valence-corrected chi connectivity index (χ1v) is 3.72. The number of unbranched alkanes of at least 4 members (excludes halogenated alkanes) is 2. The Morgan fingerprint density at radius 2 is 1.50 bits per heavy atom. The summed E-state index contributed by atoms with van der Waals surface area (Å²) in [6.45, 7) is 12.1. The van der Waals surface area contributed by atoms with E-state index >= 15 is 0 Å². The van der Waals surface area contributed by atoms with Crippen LogP contribution in [0.5, 0.6) is 0 Å². The van der Waals surface area contributed by atoms with E-state index in [0.29, 0.717) is 0 Å².